The zero-order valence-corrected chi connectivity index (χ0v) is 18.3. The second-order valence-electron chi connectivity index (χ2n) is 8.53. The van der Waals surface area contributed by atoms with Gasteiger partial charge < -0.3 is 19.3 Å². The molecule has 0 radical (unpaired) electrons. The van der Waals surface area contributed by atoms with Crippen LogP contribution in [0.15, 0.2) is 48.5 Å². The van der Waals surface area contributed by atoms with Crippen molar-refractivity contribution in [3.63, 3.8) is 0 Å². The fourth-order valence-corrected chi connectivity index (χ4v) is 3.84. The van der Waals surface area contributed by atoms with Crippen molar-refractivity contribution in [2.75, 3.05) is 26.7 Å². The molecule has 0 bridgehead atoms. The van der Waals surface area contributed by atoms with Crippen LogP contribution in [0.3, 0.4) is 0 Å². The Bertz CT molecular complexity index is 906. The van der Waals surface area contributed by atoms with Crippen molar-refractivity contribution in [3.8, 4) is 5.75 Å². The molecule has 2 fully saturated rings. The van der Waals surface area contributed by atoms with Gasteiger partial charge in [-0.1, -0.05) is 42.0 Å². The van der Waals surface area contributed by atoms with E-state index in [0.29, 0.717) is 26.2 Å². The summed E-state index contributed by atoms with van der Waals surface area (Å²) >= 11 is 0. The number of rotatable bonds is 7. The summed E-state index contributed by atoms with van der Waals surface area (Å²) < 4.78 is 11.4. The third-order valence-electron chi connectivity index (χ3n) is 5.90. The molecule has 1 unspecified atom stereocenters. The number of ether oxygens (including phenoxy) is 2. The quantitative estimate of drug-likeness (QED) is 0.688. The Kier molecular flexibility index (Phi) is 6.56. The Labute approximate surface area is 183 Å². The van der Waals surface area contributed by atoms with Gasteiger partial charge in [0, 0.05) is 25.6 Å². The van der Waals surface area contributed by atoms with Gasteiger partial charge in [0.1, 0.15) is 5.75 Å². The van der Waals surface area contributed by atoms with Crippen molar-refractivity contribution in [1.82, 2.24) is 9.80 Å². The minimum atomic E-state index is -0.228. The monoisotopic (exact) mass is 422 g/mol. The molecule has 0 N–H and O–H groups in total. The van der Waals surface area contributed by atoms with Crippen molar-refractivity contribution in [1.29, 1.82) is 0 Å². The molecule has 4 rings (SSSR count). The first kappa shape index (κ1) is 21.4. The number of carbonyl (C=O) groups is 2. The maximum absolute atomic E-state index is 13.0. The SMILES string of the molecule is COc1ccc(CN2CC(OCc3ccc(C)cc3)CN(C(=O)C3CC3)CC2=O)cc1. The molecular formula is C25H30N2O4. The lowest BCUT2D eigenvalue weighted by Gasteiger charge is -2.25. The molecule has 2 aromatic carbocycles. The van der Waals surface area contributed by atoms with Gasteiger partial charge in [-0.15, -0.1) is 0 Å². The average Bonchev–Trinajstić information content (AvgIpc) is 3.63. The van der Waals surface area contributed by atoms with Crippen molar-refractivity contribution < 1.29 is 19.1 Å². The Balaban J connectivity index is 1.47. The van der Waals surface area contributed by atoms with E-state index in [-0.39, 0.29) is 30.4 Å². The number of benzene rings is 2. The summed E-state index contributed by atoms with van der Waals surface area (Å²) in [5, 5.41) is 0. The maximum Gasteiger partial charge on any atom is 0.242 e. The Morgan fingerprint density at radius 3 is 2.32 bits per heavy atom. The van der Waals surface area contributed by atoms with Gasteiger partial charge in [0.05, 0.1) is 26.4 Å². The Morgan fingerprint density at radius 1 is 1.00 bits per heavy atom. The minimum absolute atomic E-state index is 0.0359. The molecule has 1 aliphatic heterocycles. The summed E-state index contributed by atoms with van der Waals surface area (Å²) in [6.45, 7) is 4.03. The van der Waals surface area contributed by atoms with Crippen molar-refractivity contribution in [2.24, 2.45) is 5.92 Å². The van der Waals surface area contributed by atoms with Gasteiger partial charge >= 0.3 is 0 Å². The number of hydrogen-bond donors (Lipinski definition) is 0. The van der Waals surface area contributed by atoms with E-state index in [1.54, 1.807) is 12.0 Å². The van der Waals surface area contributed by atoms with Crippen molar-refractivity contribution in [2.45, 2.75) is 39.0 Å². The summed E-state index contributed by atoms with van der Waals surface area (Å²) in [5.41, 5.74) is 3.31. The van der Waals surface area contributed by atoms with Gasteiger partial charge in [-0.05, 0) is 43.0 Å². The molecular weight excluding hydrogens is 392 g/mol. The first-order valence-electron chi connectivity index (χ1n) is 10.9. The number of methoxy groups -OCH3 is 1. The lowest BCUT2D eigenvalue weighted by atomic mass is 10.1. The highest BCUT2D eigenvalue weighted by Gasteiger charge is 2.38. The number of nitrogens with zero attached hydrogens (tertiary/aromatic N) is 2. The van der Waals surface area contributed by atoms with Crippen LogP contribution in [0.25, 0.3) is 0 Å². The van der Waals surface area contributed by atoms with Crippen molar-refractivity contribution >= 4 is 11.8 Å². The highest BCUT2D eigenvalue weighted by Crippen LogP contribution is 2.31. The van der Waals surface area contributed by atoms with Gasteiger partial charge in [-0.2, -0.15) is 0 Å². The molecule has 2 aromatic rings. The second-order valence-corrected chi connectivity index (χ2v) is 8.53. The highest BCUT2D eigenvalue weighted by molar-refractivity contribution is 5.87. The summed E-state index contributed by atoms with van der Waals surface area (Å²) in [6.07, 6.45) is 1.62. The normalized spacial score (nSPS) is 19.3. The Morgan fingerprint density at radius 2 is 1.68 bits per heavy atom. The molecule has 0 aromatic heterocycles. The standard InChI is InChI=1S/C25H30N2O4/c1-18-3-5-20(6-4-18)17-31-23-14-26(13-19-7-11-22(30-2)12-8-19)24(28)16-27(15-23)25(29)21-9-10-21/h3-8,11-12,21,23H,9-10,13-17H2,1-2H3. The lowest BCUT2D eigenvalue weighted by molar-refractivity contribution is -0.139. The number of carbonyl (C=O) groups excluding carboxylic acids is 2. The summed E-state index contributed by atoms with van der Waals surface area (Å²) in [7, 11) is 1.63. The van der Waals surface area contributed by atoms with E-state index in [4.69, 9.17) is 9.47 Å². The van der Waals surface area contributed by atoms with Gasteiger partial charge in [-0.3, -0.25) is 9.59 Å². The molecule has 1 saturated heterocycles. The van der Waals surface area contributed by atoms with E-state index in [1.807, 2.05) is 29.2 Å². The molecule has 2 amide bonds. The fourth-order valence-electron chi connectivity index (χ4n) is 3.84. The van der Waals surface area contributed by atoms with E-state index in [0.717, 1.165) is 29.7 Å². The summed E-state index contributed by atoms with van der Waals surface area (Å²) in [4.78, 5) is 29.3. The molecule has 31 heavy (non-hydrogen) atoms. The molecule has 0 spiro atoms. The van der Waals surface area contributed by atoms with Crippen LogP contribution in [0.2, 0.25) is 0 Å². The van der Waals surface area contributed by atoms with Crippen LogP contribution in [-0.4, -0.2) is 54.5 Å². The second kappa shape index (κ2) is 9.52. The van der Waals surface area contributed by atoms with E-state index >= 15 is 0 Å². The van der Waals surface area contributed by atoms with Crippen LogP contribution in [0.1, 0.15) is 29.5 Å². The van der Waals surface area contributed by atoms with Crippen LogP contribution >= 0.6 is 0 Å². The lowest BCUT2D eigenvalue weighted by Crippen LogP contribution is -2.40. The molecule has 1 heterocycles. The van der Waals surface area contributed by atoms with Crippen molar-refractivity contribution in [3.05, 3.63) is 65.2 Å². The molecule has 2 aliphatic rings. The molecule has 1 atom stereocenters. The van der Waals surface area contributed by atoms with E-state index in [9.17, 15) is 9.59 Å². The topological polar surface area (TPSA) is 59.1 Å². The molecule has 6 heteroatoms. The van der Waals surface area contributed by atoms with Crippen LogP contribution in [0, 0.1) is 12.8 Å². The van der Waals surface area contributed by atoms with Gasteiger partial charge in [0.25, 0.3) is 0 Å². The minimum Gasteiger partial charge on any atom is -0.497 e. The van der Waals surface area contributed by atoms with E-state index in [1.165, 1.54) is 5.56 Å². The van der Waals surface area contributed by atoms with Gasteiger partial charge in [0.15, 0.2) is 0 Å². The van der Waals surface area contributed by atoms with E-state index < -0.39 is 0 Å². The number of amides is 2. The molecule has 1 saturated carbocycles. The third-order valence-corrected chi connectivity index (χ3v) is 5.90. The summed E-state index contributed by atoms with van der Waals surface area (Å²) in [6, 6.07) is 16.0. The van der Waals surface area contributed by atoms with Crippen LogP contribution in [0.5, 0.6) is 5.75 Å². The Hall–Kier alpha value is -2.86. The predicted octanol–water partition coefficient (Wildman–Crippen LogP) is 3.17. The molecule has 6 nitrogen and oxygen atoms in total. The van der Waals surface area contributed by atoms with Gasteiger partial charge in [-0.25, -0.2) is 0 Å². The smallest absolute Gasteiger partial charge is 0.242 e. The average molecular weight is 423 g/mol. The largest absolute Gasteiger partial charge is 0.497 e. The zero-order chi connectivity index (χ0) is 21.8. The third kappa shape index (κ3) is 5.64. The molecule has 164 valence electrons. The van der Waals surface area contributed by atoms with Crippen LogP contribution < -0.4 is 4.74 Å². The number of hydrogen-bond acceptors (Lipinski definition) is 4. The first-order chi connectivity index (χ1) is 15.0. The van der Waals surface area contributed by atoms with Crippen LogP contribution in [0.4, 0.5) is 0 Å². The van der Waals surface area contributed by atoms with Crippen LogP contribution in [-0.2, 0) is 27.5 Å². The predicted molar refractivity (Wildman–Crippen MR) is 117 cm³/mol. The van der Waals surface area contributed by atoms with Gasteiger partial charge in [0.2, 0.25) is 11.8 Å². The summed E-state index contributed by atoms with van der Waals surface area (Å²) in [5.74, 6) is 0.917. The molecule has 1 aliphatic carbocycles. The maximum atomic E-state index is 13.0. The fraction of sp³-hybridized carbons (Fsp3) is 0.440. The number of aryl methyl sites for hydroxylation is 1. The zero-order valence-electron chi connectivity index (χ0n) is 18.3. The van der Waals surface area contributed by atoms with E-state index in [2.05, 4.69) is 31.2 Å². The highest BCUT2D eigenvalue weighted by atomic mass is 16.5. The first-order valence-corrected chi connectivity index (χ1v) is 10.9.